The highest BCUT2D eigenvalue weighted by Gasteiger charge is 2.47. The maximum absolute atomic E-state index is 10.9. The van der Waals surface area contributed by atoms with Crippen molar-refractivity contribution in [3.8, 4) is 0 Å². The first-order valence-corrected chi connectivity index (χ1v) is 4.31. The van der Waals surface area contributed by atoms with Crippen molar-refractivity contribution in [2.75, 3.05) is 7.11 Å². The van der Waals surface area contributed by atoms with E-state index in [1.54, 1.807) is 0 Å². The summed E-state index contributed by atoms with van der Waals surface area (Å²) < 4.78 is 9.88. The summed E-state index contributed by atoms with van der Waals surface area (Å²) in [6.07, 6.45) is 3.60. The zero-order valence-corrected chi connectivity index (χ0v) is 7.08. The van der Waals surface area contributed by atoms with Crippen LogP contribution < -0.4 is 5.32 Å². The first-order valence-electron chi connectivity index (χ1n) is 4.31. The second kappa shape index (κ2) is 2.94. The van der Waals surface area contributed by atoms with Crippen molar-refractivity contribution in [1.82, 2.24) is 5.32 Å². The maximum atomic E-state index is 10.9. The molecule has 0 spiro atoms. The predicted octanol–water partition coefficient (Wildman–Crippen LogP) is 0.662. The van der Waals surface area contributed by atoms with Crippen molar-refractivity contribution in [3.05, 3.63) is 0 Å². The Hall–Kier alpha value is -0.770. The van der Waals surface area contributed by atoms with Crippen molar-refractivity contribution in [2.45, 2.75) is 37.5 Å². The van der Waals surface area contributed by atoms with Gasteiger partial charge in [0.1, 0.15) is 6.10 Å². The van der Waals surface area contributed by atoms with Crippen molar-refractivity contribution >= 4 is 6.09 Å². The van der Waals surface area contributed by atoms with Gasteiger partial charge in [-0.05, 0) is 19.3 Å². The van der Waals surface area contributed by atoms with Gasteiger partial charge >= 0.3 is 6.09 Å². The summed E-state index contributed by atoms with van der Waals surface area (Å²) in [4.78, 5) is 10.9. The van der Waals surface area contributed by atoms with Crippen LogP contribution in [0.5, 0.6) is 0 Å². The van der Waals surface area contributed by atoms with Crippen LogP contribution in [-0.4, -0.2) is 31.5 Å². The lowest BCUT2D eigenvalue weighted by molar-refractivity contribution is 0.162. The van der Waals surface area contributed by atoms with Gasteiger partial charge < -0.3 is 14.8 Å². The Labute approximate surface area is 71.2 Å². The van der Waals surface area contributed by atoms with Gasteiger partial charge in [-0.2, -0.15) is 0 Å². The Balaban J connectivity index is 1.83. The molecule has 1 N–H and O–H groups in total. The number of fused-ring (bicyclic) bond motifs is 1. The van der Waals surface area contributed by atoms with E-state index in [0.29, 0.717) is 6.10 Å². The number of ether oxygens (including phenoxy) is 2. The quantitative estimate of drug-likeness (QED) is 0.590. The van der Waals surface area contributed by atoms with Gasteiger partial charge in [-0.1, -0.05) is 0 Å². The molecule has 2 rings (SSSR count). The second-order valence-electron chi connectivity index (χ2n) is 3.31. The highest BCUT2D eigenvalue weighted by molar-refractivity contribution is 5.67. The van der Waals surface area contributed by atoms with Crippen LogP contribution in [0.3, 0.4) is 0 Å². The Kier molecular flexibility index (Phi) is 1.92. The molecule has 0 bridgehead atoms. The number of alkyl carbamates (subject to hydrolysis) is 1. The first kappa shape index (κ1) is 7.86. The molecule has 2 fully saturated rings. The lowest BCUT2D eigenvalue weighted by Gasteiger charge is -2.18. The van der Waals surface area contributed by atoms with Crippen LogP contribution in [0.15, 0.2) is 0 Å². The topological polar surface area (TPSA) is 50.9 Å². The summed E-state index contributed by atoms with van der Waals surface area (Å²) in [7, 11) is 1.38. The Bertz CT molecular complexity index is 195. The molecule has 1 aliphatic carbocycles. The second-order valence-corrected chi connectivity index (χ2v) is 3.31. The fourth-order valence-electron chi connectivity index (χ4n) is 1.81. The largest absolute Gasteiger partial charge is 0.453 e. The third kappa shape index (κ3) is 1.39. The number of carbonyl (C=O) groups excluding carboxylic acids is 1. The molecule has 0 aromatic heterocycles. The molecule has 1 saturated heterocycles. The van der Waals surface area contributed by atoms with Crippen LogP contribution >= 0.6 is 0 Å². The zero-order chi connectivity index (χ0) is 8.55. The molecule has 2 aliphatic rings. The van der Waals surface area contributed by atoms with Crippen molar-refractivity contribution in [2.24, 2.45) is 0 Å². The van der Waals surface area contributed by atoms with Crippen LogP contribution in [0.2, 0.25) is 0 Å². The molecule has 4 nitrogen and oxygen atoms in total. The summed E-state index contributed by atoms with van der Waals surface area (Å²) in [5.74, 6) is 0. The van der Waals surface area contributed by atoms with Gasteiger partial charge in [-0.25, -0.2) is 4.79 Å². The van der Waals surface area contributed by atoms with E-state index in [-0.39, 0.29) is 18.2 Å². The molecule has 0 aromatic carbocycles. The third-order valence-corrected chi connectivity index (χ3v) is 2.51. The lowest BCUT2D eigenvalue weighted by atomic mass is 9.96. The van der Waals surface area contributed by atoms with E-state index < -0.39 is 0 Å². The lowest BCUT2D eigenvalue weighted by Crippen LogP contribution is -2.40. The smallest absolute Gasteiger partial charge is 0.407 e. The molecule has 0 unspecified atom stereocenters. The van der Waals surface area contributed by atoms with Crippen molar-refractivity contribution in [3.63, 3.8) is 0 Å². The van der Waals surface area contributed by atoms with Gasteiger partial charge in [-0.3, -0.25) is 0 Å². The van der Waals surface area contributed by atoms with Gasteiger partial charge in [0, 0.05) is 0 Å². The summed E-state index contributed by atoms with van der Waals surface area (Å²) in [6, 6.07) is 0.177. The van der Waals surface area contributed by atoms with Crippen LogP contribution in [-0.2, 0) is 9.47 Å². The van der Waals surface area contributed by atoms with Crippen LogP contribution in [0.4, 0.5) is 4.79 Å². The molecular weight excluding hydrogens is 158 g/mol. The highest BCUT2D eigenvalue weighted by Crippen LogP contribution is 2.36. The minimum Gasteiger partial charge on any atom is -0.453 e. The number of hydrogen-bond donors (Lipinski definition) is 1. The Morgan fingerprint density at radius 2 is 2.42 bits per heavy atom. The SMILES string of the molecule is COC(=O)N[C@H]1CCC[C@@H]2O[C@H]12. The first-order chi connectivity index (χ1) is 5.81. The van der Waals surface area contributed by atoms with Gasteiger partial charge in [0.05, 0.1) is 19.3 Å². The molecular formula is C8H13NO3. The summed E-state index contributed by atoms with van der Waals surface area (Å²) in [5.41, 5.74) is 0. The van der Waals surface area contributed by atoms with E-state index in [2.05, 4.69) is 10.1 Å². The van der Waals surface area contributed by atoms with Gasteiger partial charge in [-0.15, -0.1) is 0 Å². The van der Waals surface area contributed by atoms with Crippen LogP contribution in [0, 0.1) is 0 Å². The summed E-state index contributed by atoms with van der Waals surface area (Å²) in [5, 5.41) is 2.77. The average molecular weight is 171 g/mol. The molecule has 1 aliphatic heterocycles. The van der Waals surface area contributed by atoms with Gasteiger partial charge in [0.25, 0.3) is 0 Å². The monoisotopic (exact) mass is 171 g/mol. The molecule has 1 saturated carbocycles. The minimum absolute atomic E-state index is 0.177. The number of nitrogens with one attached hydrogen (secondary N) is 1. The van der Waals surface area contributed by atoms with E-state index >= 15 is 0 Å². The number of rotatable bonds is 1. The molecule has 3 atom stereocenters. The zero-order valence-electron chi connectivity index (χ0n) is 7.08. The standard InChI is InChI=1S/C8H13NO3/c1-11-8(10)9-5-3-2-4-6-7(5)12-6/h5-7H,2-4H2,1H3,(H,9,10)/t5-,6-,7+/m0/s1. The fourth-order valence-corrected chi connectivity index (χ4v) is 1.81. The van der Waals surface area contributed by atoms with Crippen molar-refractivity contribution in [1.29, 1.82) is 0 Å². The van der Waals surface area contributed by atoms with Crippen LogP contribution in [0.1, 0.15) is 19.3 Å². The number of methoxy groups -OCH3 is 1. The summed E-state index contributed by atoms with van der Waals surface area (Å²) in [6.45, 7) is 0. The van der Waals surface area contributed by atoms with E-state index in [0.717, 1.165) is 19.3 Å². The number of epoxide rings is 1. The normalized spacial score (nSPS) is 38.2. The minimum atomic E-state index is -0.351. The number of carbonyl (C=O) groups is 1. The van der Waals surface area contributed by atoms with Gasteiger partial charge in [0.15, 0.2) is 0 Å². The Morgan fingerprint density at radius 3 is 3.17 bits per heavy atom. The molecule has 1 heterocycles. The third-order valence-electron chi connectivity index (χ3n) is 2.51. The number of hydrogen-bond acceptors (Lipinski definition) is 3. The Morgan fingerprint density at radius 1 is 1.58 bits per heavy atom. The molecule has 0 radical (unpaired) electrons. The molecule has 12 heavy (non-hydrogen) atoms. The molecule has 0 aromatic rings. The predicted molar refractivity (Wildman–Crippen MR) is 41.8 cm³/mol. The van der Waals surface area contributed by atoms with E-state index in [4.69, 9.17) is 4.74 Å². The average Bonchev–Trinajstić information content (AvgIpc) is 2.84. The number of amides is 1. The molecule has 4 heteroatoms. The van der Waals surface area contributed by atoms with E-state index in [9.17, 15) is 4.79 Å². The summed E-state index contributed by atoms with van der Waals surface area (Å²) >= 11 is 0. The highest BCUT2D eigenvalue weighted by atomic mass is 16.6. The van der Waals surface area contributed by atoms with Gasteiger partial charge in [0.2, 0.25) is 0 Å². The maximum Gasteiger partial charge on any atom is 0.407 e. The molecule has 1 amide bonds. The van der Waals surface area contributed by atoms with E-state index in [1.807, 2.05) is 0 Å². The van der Waals surface area contributed by atoms with Crippen LogP contribution in [0.25, 0.3) is 0 Å². The van der Waals surface area contributed by atoms with E-state index in [1.165, 1.54) is 7.11 Å². The molecule has 68 valence electrons. The van der Waals surface area contributed by atoms with Crippen molar-refractivity contribution < 1.29 is 14.3 Å². The fraction of sp³-hybridized carbons (Fsp3) is 0.875.